The van der Waals surface area contributed by atoms with Gasteiger partial charge < -0.3 is 10.2 Å². The van der Waals surface area contributed by atoms with Gasteiger partial charge in [-0.3, -0.25) is 9.59 Å². The quantitative estimate of drug-likeness (QED) is 0.864. The van der Waals surface area contributed by atoms with Gasteiger partial charge in [0, 0.05) is 44.6 Å². The van der Waals surface area contributed by atoms with Gasteiger partial charge in [-0.15, -0.1) is 0 Å². The van der Waals surface area contributed by atoms with Crippen LogP contribution in [0.3, 0.4) is 0 Å². The minimum atomic E-state index is -0.168. The van der Waals surface area contributed by atoms with Crippen molar-refractivity contribution >= 4 is 29.7 Å². The van der Waals surface area contributed by atoms with Crippen LogP contribution in [0.1, 0.15) is 37.8 Å². The Morgan fingerprint density at radius 1 is 1.10 bits per heavy atom. The van der Waals surface area contributed by atoms with Crippen LogP contribution in [0.5, 0.6) is 0 Å². The molecular formula is C21H24N6O2. The van der Waals surface area contributed by atoms with E-state index in [9.17, 15) is 9.59 Å². The molecule has 29 heavy (non-hydrogen) atoms. The molecule has 8 heteroatoms. The zero-order chi connectivity index (χ0) is 20.2. The van der Waals surface area contributed by atoms with Crippen LogP contribution in [0, 0.1) is 5.92 Å². The number of carbonyl (C=O) groups excluding carboxylic acids is 2. The molecule has 2 aliphatic heterocycles. The second-order valence-electron chi connectivity index (χ2n) is 7.35. The van der Waals surface area contributed by atoms with E-state index in [1.807, 2.05) is 36.5 Å². The number of hydrazone groups is 1. The molecule has 4 rings (SSSR count). The van der Waals surface area contributed by atoms with Crippen LogP contribution in [0.2, 0.25) is 0 Å². The van der Waals surface area contributed by atoms with Crippen molar-refractivity contribution in [3.63, 3.8) is 0 Å². The maximum atomic E-state index is 13.1. The second kappa shape index (κ2) is 8.38. The first-order valence-electron chi connectivity index (χ1n) is 9.87. The predicted octanol–water partition coefficient (Wildman–Crippen LogP) is 2.61. The highest BCUT2D eigenvalue weighted by Gasteiger charge is 2.34. The summed E-state index contributed by atoms with van der Waals surface area (Å²) in [6, 6.07) is 11.8. The van der Waals surface area contributed by atoms with Gasteiger partial charge in [-0.05, 0) is 18.4 Å². The van der Waals surface area contributed by atoms with E-state index in [0.717, 1.165) is 43.7 Å². The number of piperidine rings is 1. The number of carbonyl (C=O) groups is 2. The lowest BCUT2D eigenvalue weighted by Crippen LogP contribution is -2.41. The summed E-state index contributed by atoms with van der Waals surface area (Å²) in [5.41, 5.74) is 1.11. The molecule has 0 bridgehead atoms. The van der Waals surface area contributed by atoms with Gasteiger partial charge in [-0.2, -0.15) is 5.10 Å². The zero-order valence-corrected chi connectivity index (χ0v) is 16.4. The molecule has 0 aliphatic carbocycles. The summed E-state index contributed by atoms with van der Waals surface area (Å²) in [4.78, 5) is 34.9. The maximum absolute atomic E-state index is 13.1. The number of aromatic nitrogens is 2. The summed E-state index contributed by atoms with van der Waals surface area (Å²) < 4.78 is 0. The Labute approximate surface area is 169 Å². The molecule has 2 aromatic rings. The number of benzene rings is 1. The number of nitrogens with one attached hydrogen (secondary N) is 1. The van der Waals surface area contributed by atoms with Gasteiger partial charge >= 0.3 is 0 Å². The Kier molecular flexibility index (Phi) is 5.50. The van der Waals surface area contributed by atoms with E-state index in [2.05, 4.69) is 25.3 Å². The topological polar surface area (TPSA) is 90.8 Å². The SMILES string of the molecule is CC(=O)Nc1cc(N2CCC(C(=O)N3N=CC[C@H]3c3ccccc3)CC2)ncn1. The minimum Gasteiger partial charge on any atom is -0.356 e. The van der Waals surface area contributed by atoms with Crippen LogP contribution < -0.4 is 10.2 Å². The number of anilines is 2. The molecule has 3 heterocycles. The highest BCUT2D eigenvalue weighted by atomic mass is 16.2. The predicted molar refractivity (Wildman–Crippen MR) is 110 cm³/mol. The Bertz CT molecular complexity index is 908. The Balaban J connectivity index is 1.39. The number of hydrogen-bond acceptors (Lipinski definition) is 6. The summed E-state index contributed by atoms with van der Waals surface area (Å²) in [6.45, 7) is 2.89. The van der Waals surface area contributed by atoms with E-state index < -0.39 is 0 Å². The minimum absolute atomic E-state index is 0.0104. The van der Waals surface area contributed by atoms with Gasteiger partial charge in [-0.1, -0.05) is 30.3 Å². The third kappa shape index (κ3) is 4.26. The average molecular weight is 392 g/mol. The lowest BCUT2D eigenvalue weighted by Gasteiger charge is -2.34. The van der Waals surface area contributed by atoms with Crippen molar-refractivity contribution in [2.45, 2.75) is 32.2 Å². The zero-order valence-electron chi connectivity index (χ0n) is 16.4. The lowest BCUT2D eigenvalue weighted by atomic mass is 9.94. The van der Waals surface area contributed by atoms with Gasteiger partial charge in [-0.25, -0.2) is 15.0 Å². The van der Waals surface area contributed by atoms with Crippen molar-refractivity contribution in [2.24, 2.45) is 11.0 Å². The van der Waals surface area contributed by atoms with E-state index in [4.69, 9.17) is 0 Å². The van der Waals surface area contributed by atoms with Crippen molar-refractivity contribution in [3.05, 3.63) is 48.3 Å². The van der Waals surface area contributed by atoms with Crippen LogP contribution in [-0.2, 0) is 9.59 Å². The molecule has 1 N–H and O–H groups in total. The summed E-state index contributed by atoms with van der Waals surface area (Å²) in [6.07, 6.45) is 5.51. The maximum Gasteiger partial charge on any atom is 0.246 e. The number of rotatable bonds is 4. The molecule has 1 saturated heterocycles. The fourth-order valence-electron chi connectivity index (χ4n) is 3.89. The highest BCUT2D eigenvalue weighted by molar-refractivity contribution is 5.88. The first-order valence-corrected chi connectivity index (χ1v) is 9.87. The van der Waals surface area contributed by atoms with Crippen molar-refractivity contribution in [1.82, 2.24) is 15.0 Å². The van der Waals surface area contributed by atoms with Gasteiger partial charge in [0.2, 0.25) is 11.8 Å². The molecule has 0 spiro atoms. The smallest absolute Gasteiger partial charge is 0.246 e. The third-order valence-corrected chi connectivity index (χ3v) is 5.37. The van der Waals surface area contributed by atoms with Crippen LogP contribution in [0.15, 0.2) is 47.8 Å². The fraction of sp³-hybridized carbons (Fsp3) is 0.381. The van der Waals surface area contributed by atoms with E-state index in [1.165, 1.54) is 13.3 Å². The Hall–Kier alpha value is -3.29. The number of amides is 2. The number of hydrogen-bond donors (Lipinski definition) is 1. The van der Waals surface area contributed by atoms with Crippen LogP contribution in [0.4, 0.5) is 11.6 Å². The summed E-state index contributed by atoms with van der Waals surface area (Å²) in [5, 5.41) is 8.71. The Morgan fingerprint density at radius 2 is 1.86 bits per heavy atom. The normalized spacial score (nSPS) is 19.4. The summed E-state index contributed by atoms with van der Waals surface area (Å²) in [7, 11) is 0. The monoisotopic (exact) mass is 392 g/mol. The standard InChI is InChI=1S/C21H24N6O2/c1-15(28)25-19-13-20(23-14-22-19)26-11-8-17(9-12-26)21(29)27-18(7-10-24-27)16-5-3-2-4-6-16/h2-6,10,13-14,17-18H,7-9,11-12H2,1H3,(H,22,23,25,28)/t18-/m0/s1. The summed E-state index contributed by atoms with van der Waals surface area (Å²) >= 11 is 0. The van der Waals surface area contributed by atoms with E-state index in [-0.39, 0.29) is 23.8 Å². The number of nitrogens with zero attached hydrogens (tertiary/aromatic N) is 5. The molecule has 1 aromatic carbocycles. The first-order chi connectivity index (χ1) is 14.1. The van der Waals surface area contributed by atoms with Gasteiger partial charge in [0.15, 0.2) is 0 Å². The first kappa shape index (κ1) is 19.0. The Morgan fingerprint density at radius 3 is 2.59 bits per heavy atom. The third-order valence-electron chi connectivity index (χ3n) is 5.37. The molecular weight excluding hydrogens is 368 g/mol. The molecule has 0 saturated carbocycles. The lowest BCUT2D eigenvalue weighted by molar-refractivity contribution is -0.138. The summed E-state index contributed by atoms with van der Waals surface area (Å²) in [5.74, 6) is 1.12. The molecule has 2 aliphatic rings. The molecule has 0 unspecified atom stereocenters. The second-order valence-corrected chi connectivity index (χ2v) is 7.35. The molecule has 1 atom stereocenters. The van der Waals surface area contributed by atoms with Crippen molar-refractivity contribution < 1.29 is 9.59 Å². The van der Waals surface area contributed by atoms with Crippen molar-refractivity contribution in [2.75, 3.05) is 23.3 Å². The average Bonchev–Trinajstić information content (AvgIpc) is 3.24. The van der Waals surface area contributed by atoms with E-state index in [1.54, 1.807) is 11.1 Å². The molecule has 150 valence electrons. The van der Waals surface area contributed by atoms with Gasteiger partial charge in [0.25, 0.3) is 0 Å². The fourth-order valence-corrected chi connectivity index (χ4v) is 3.89. The molecule has 0 radical (unpaired) electrons. The molecule has 1 aromatic heterocycles. The van der Waals surface area contributed by atoms with Gasteiger partial charge in [0.1, 0.15) is 18.0 Å². The van der Waals surface area contributed by atoms with E-state index in [0.29, 0.717) is 5.82 Å². The van der Waals surface area contributed by atoms with E-state index >= 15 is 0 Å². The van der Waals surface area contributed by atoms with Crippen molar-refractivity contribution in [1.29, 1.82) is 0 Å². The van der Waals surface area contributed by atoms with Crippen LogP contribution in [-0.4, -0.2) is 46.1 Å². The molecule has 8 nitrogen and oxygen atoms in total. The van der Waals surface area contributed by atoms with Crippen molar-refractivity contribution in [3.8, 4) is 0 Å². The van der Waals surface area contributed by atoms with Crippen LogP contribution in [0.25, 0.3) is 0 Å². The highest BCUT2D eigenvalue weighted by Crippen LogP contribution is 2.32. The van der Waals surface area contributed by atoms with Crippen LogP contribution >= 0.6 is 0 Å². The van der Waals surface area contributed by atoms with Gasteiger partial charge in [0.05, 0.1) is 6.04 Å². The largest absolute Gasteiger partial charge is 0.356 e. The molecule has 1 fully saturated rings. The molecule has 2 amide bonds.